The van der Waals surface area contributed by atoms with Crippen LogP contribution in [-0.4, -0.2) is 34.6 Å². The number of benzene rings is 1. The Morgan fingerprint density at radius 2 is 2.22 bits per heavy atom. The van der Waals surface area contributed by atoms with Crippen molar-refractivity contribution < 1.29 is 9.90 Å². The third-order valence-corrected chi connectivity index (χ3v) is 3.89. The Bertz CT molecular complexity index is 471. The lowest BCUT2D eigenvalue weighted by atomic mass is 9.94. The largest absolute Gasteiger partial charge is 0.388 e. The molecule has 4 heteroatoms. The van der Waals surface area contributed by atoms with Crippen LogP contribution in [-0.2, 0) is 0 Å². The summed E-state index contributed by atoms with van der Waals surface area (Å²) in [5.74, 6) is -0.0938. The van der Waals surface area contributed by atoms with Crippen molar-refractivity contribution >= 4 is 17.5 Å². The molecule has 1 aliphatic heterocycles. The SMILES string of the molecule is Cc1cccc(C(=O)N2CCCC(C)(O)C2)c1Cl. The van der Waals surface area contributed by atoms with E-state index in [-0.39, 0.29) is 5.91 Å². The maximum Gasteiger partial charge on any atom is 0.255 e. The number of rotatable bonds is 1. The van der Waals surface area contributed by atoms with Gasteiger partial charge in [0.15, 0.2) is 0 Å². The molecule has 0 aliphatic carbocycles. The van der Waals surface area contributed by atoms with Crippen molar-refractivity contribution in [3.05, 3.63) is 34.3 Å². The van der Waals surface area contributed by atoms with Crippen LogP contribution < -0.4 is 0 Å². The highest BCUT2D eigenvalue weighted by atomic mass is 35.5. The number of likely N-dealkylation sites (tertiary alicyclic amines) is 1. The summed E-state index contributed by atoms with van der Waals surface area (Å²) >= 11 is 6.17. The summed E-state index contributed by atoms with van der Waals surface area (Å²) in [5, 5.41) is 10.5. The van der Waals surface area contributed by atoms with Crippen molar-refractivity contribution in [2.75, 3.05) is 13.1 Å². The van der Waals surface area contributed by atoms with Crippen molar-refractivity contribution in [1.29, 1.82) is 0 Å². The fourth-order valence-electron chi connectivity index (χ4n) is 2.38. The predicted octanol–water partition coefficient (Wildman–Crippen LogP) is 2.64. The number of aryl methyl sites for hydroxylation is 1. The lowest BCUT2D eigenvalue weighted by Gasteiger charge is -2.37. The number of hydrogen-bond acceptors (Lipinski definition) is 2. The van der Waals surface area contributed by atoms with Crippen LogP contribution in [0.25, 0.3) is 0 Å². The Hall–Kier alpha value is -1.06. The topological polar surface area (TPSA) is 40.5 Å². The molecule has 1 aliphatic rings. The molecule has 1 aromatic carbocycles. The zero-order valence-electron chi connectivity index (χ0n) is 10.7. The summed E-state index contributed by atoms with van der Waals surface area (Å²) in [7, 11) is 0. The Morgan fingerprint density at radius 1 is 1.50 bits per heavy atom. The van der Waals surface area contributed by atoms with Gasteiger partial charge in [0.05, 0.1) is 16.2 Å². The number of nitrogens with zero attached hydrogens (tertiary/aromatic N) is 1. The fourth-order valence-corrected chi connectivity index (χ4v) is 2.58. The lowest BCUT2D eigenvalue weighted by molar-refractivity contribution is -0.0107. The van der Waals surface area contributed by atoms with E-state index in [0.29, 0.717) is 23.7 Å². The summed E-state index contributed by atoms with van der Waals surface area (Å²) in [6, 6.07) is 5.45. The first kappa shape index (κ1) is 13.4. The average molecular weight is 268 g/mol. The van der Waals surface area contributed by atoms with Crippen molar-refractivity contribution in [1.82, 2.24) is 4.90 Å². The molecule has 0 saturated carbocycles. The second-order valence-electron chi connectivity index (χ2n) is 5.26. The highest BCUT2D eigenvalue weighted by Gasteiger charge is 2.31. The van der Waals surface area contributed by atoms with Gasteiger partial charge in [-0.05, 0) is 38.3 Å². The highest BCUT2D eigenvalue weighted by molar-refractivity contribution is 6.34. The van der Waals surface area contributed by atoms with Gasteiger partial charge in [-0.2, -0.15) is 0 Å². The molecule has 18 heavy (non-hydrogen) atoms. The third kappa shape index (κ3) is 2.68. The molecule has 1 amide bonds. The maximum atomic E-state index is 12.4. The first-order valence-electron chi connectivity index (χ1n) is 6.17. The standard InChI is InChI=1S/C14H18ClNO2/c1-10-5-3-6-11(12(10)15)13(17)16-8-4-7-14(2,18)9-16/h3,5-6,18H,4,7-9H2,1-2H3. The molecule has 2 rings (SSSR count). The van der Waals surface area contributed by atoms with Crippen LogP contribution in [0.3, 0.4) is 0 Å². The summed E-state index contributed by atoms with van der Waals surface area (Å²) in [5.41, 5.74) is 0.630. The number of β-amino-alcohol motifs (C(OH)–C–C–N with tert-alkyl or cyclic N) is 1. The molecule has 0 radical (unpaired) electrons. The minimum absolute atomic E-state index is 0.0938. The third-order valence-electron chi connectivity index (χ3n) is 3.38. The number of halogens is 1. The van der Waals surface area contributed by atoms with Crippen LogP contribution >= 0.6 is 11.6 Å². The van der Waals surface area contributed by atoms with Gasteiger partial charge in [0, 0.05) is 13.1 Å². The van der Waals surface area contributed by atoms with Gasteiger partial charge in [-0.3, -0.25) is 4.79 Å². The molecule has 0 bridgehead atoms. The summed E-state index contributed by atoms with van der Waals surface area (Å²) in [6.45, 7) is 4.70. The first-order valence-corrected chi connectivity index (χ1v) is 6.55. The summed E-state index contributed by atoms with van der Waals surface area (Å²) < 4.78 is 0. The van der Waals surface area contributed by atoms with E-state index < -0.39 is 5.60 Å². The van der Waals surface area contributed by atoms with E-state index in [4.69, 9.17) is 11.6 Å². The van der Waals surface area contributed by atoms with E-state index >= 15 is 0 Å². The zero-order chi connectivity index (χ0) is 13.3. The van der Waals surface area contributed by atoms with Gasteiger partial charge in [-0.25, -0.2) is 0 Å². The first-order chi connectivity index (χ1) is 8.41. The van der Waals surface area contributed by atoms with E-state index in [0.717, 1.165) is 18.4 Å². The number of aliphatic hydroxyl groups is 1. The monoisotopic (exact) mass is 267 g/mol. The molecule has 1 fully saturated rings. The molecule has 1 saturated heterocycles. The van der Waals surface area contributed by atoms with Gasteiger partial charge < -0.3 is 10.0 Å². The quantitative estimate of drug-likeness (QED) is 0.850. The van der Waals surface area contributed by atoms with Crippen LogP contribution in [0, 0.1) is 6.92 Å². The van der Waals surface area contributed by atoms with Gasteiger partial charge in [0.25, 0.3) is 5.91 Å². The smallest absolute Gasteiger partial charge is 0.255 e. The highest BCUT2D eigenvalue weighted by Crippen LogP contribution is 2.25. The van der Waals surface area contributed by atoms with E-state index in [1.54, 1.807) is 17.9 Å². The van der Waals surface area contributed by atoms with Gasteiger partial charge in [0.1, 0.15) is 0 Å². The van der Waals surface area contributed by atoms with Crippen LogP contribution in [0.5, 0.6) is 0 Å². The molecule has 1 atom stereocenters. The minimum atomic E-state index is -0.787. The van der Waals surface area contributed by atoms with Gasteiger partial charge in [0.2, 0.25) is 0 Å². The average Bonchev–Trinajstić information content (AvgIpc) is 2.30. The molecule has 0 aromatic heterocycles. The molecule has 98 valence electrons. The predicted molar refractivity (Wildman–Crippen MR) is 72.0 cm³/mol. The van der Waals surface area contributed by atoms with Crippen LogP contribution in [0.1, 0.15) is 35.7 Å². The van der Waals surface area contributed by atoms with Gasteiger partial charge >= 0.3 is 0 Å². The Kier molecular flexibility index (Phi) is 3.64. The molecular weight excluding hydrogens is 250 g/mol. The number of amides is 1. The van der Waals surface area contributed by atoms with E-state index in [9.17, 15) is 9.90 Å². The Labute approximate surface area is 112 Å². The molecule has 1 heterocycles. The van der Waals surface area contributed by atoms with Crippen molar-refractivity contribution in [3.8, 4) is 0 Å². The van der Waals surface area contributed by atoms with Crippen LogP contribution in [0.2, 0.25) is 5.02 Å². The van der Waals surface area contributed by atoms with Crippen molar-refractivity contribution in [3.63, 3.8) is 0 Å². The molecule has 1 N–H and O–H groups in total. The molecular formula is C14H18ClNO2. The maximum absolute atomic E-state index is 12.4. The second-order valence-corrected chi connectivity index (χ2v) is 5.64. The number of carbonyl (C=O) groups excluding carboxylic acids is 1. The minimum Gasteiger partial charge on any atom is -0.388 e. The van der Waals surface area contributed by atoms with Crippen LogP contribution in [0.4, 0.5) is 0 Å². The Morgan fingerprint density at radius 3 is 2.89 bits per heavy atom. The number of carbonyl (C=O) groups is 1. The number of hydrogen-bond donors (Lipinski definition) is 1. The molecule has 1 unspecified atom stereocenters. The van der Waals surface area contributed by atoms with Crippen LogP contribution in [0.15, 0.2) is 18.2 Å². The molecule has 0 spiro atoms. The Balaban J connectivity index is 2.23. The second kappa shape index (κ2) is 4.90. The normalized spacial score (nSPS) is 24.1. The van der Waals surface area contributed by atoms with Gasteiger partial charge in [-0.1, -0.05) is 23.7 Å². The number of piperidine rings is 1. The molecule has 3 nitrogen and oxygen atoms in total. The summed E-state index contributed by atoms with van der Waals surface area (Å²) in [6.07, 6.45) is 1.56. The fraction of sp³-hybridized carbons (Fsp3) is 0.500. The van der Waals surface area contributed by atoms with E-state index in [1.165, 1.54) is 0 Å². The summed E-state index contributed by atoms with van der Waals surface area (Å²) in [4.78, 5) is 14.1. The molecule has 1 aromatic rings. The van der Waals surface area contributed by atoms with E-state index in [1.807, 2.05) is 19.1 Å². The van der Waals surface area contributed by atoms with E-state index in [2.05, 4.69) is 0 Å². The van der Waals surface area contributed by atoms with Crippen molar-refractivity contribution in [2.45, 2.75) is 32.3 Å². The van der Waals surface area contributed by atoms with Crippen molar-refractivity contribution in [2.24, 2.45) is 0 Å². The van der Waals surface area contributed by atoms with Gasteiger partial charge in [-0.15, -0.1) is 0 Å². The zero-order valence-corrected chi connectivity index (χ0v) is 11.5. The lowest BCUT2D eigenvalue weighted by Crippen LogP contribution is -2.48.